The van der Waals surface area contributed by atoms with Crippen LogP contribution >= 0.6 is 9.24 Å². The van der Waals surface area contributed by atoms with E-state index in [0.29, 0.717) is 0 Å². The first kappa shape index (κ1) is 7.98. The number of nitriles is 1. The third-order valence-corrected chi connectivity index (χ3v) is 2.81. The van der Waals surface area contributed by atoms with Crippen molar-refractivity contribution in [1.82, 2.24) is 4.90 Å². The molecule has 0 aromatic rings. The molecule has 0 N–H and O–H groups in total. The highest BCUT2D eigenvalue weighted by Gasteiger charge is 2.28. The summed E-state index contributed by atoms with van der Waals surface area (Å²) in [6, 6.07) is 2.34. The first-order valence-corrected chi connectivity index (χ1v) is 4.13. The summed E-state index contributed by atoms with van der Waals surface area (Å²) >= 11 is 0. The minimum Gasteiger partial charge on any atom is -0.306 e. The molecule has 0 spiro atoms. The molecular formula is C7H13N2P. The molecule has 56 valence electrons. The Hall–Kier alpha value is -0.120. The Balaban J connectivity index is 2.48. The highest BCUT2D eigenvalue weighted by molar-refractivity contribution is 7.19. The van der Waals surface area contributed by atoms with Crippen molar-refractivity contribution in [3.8, 4) is 6.07 Å². The maximum atomic E-state index is 8.75. The molecule has 1 rings (SSSR count). The lowest BCUT2D eigenvalue weighted by molar-refractivity contribution is 0.261. The van der Waals surface area contributed by atoms with E-state index in [1.165, 1.54) is 0 Å². The van der Waals surface area contributed by atoms with E-state index in [9.17, 15) is 0 Å². The largest absolute Gasteiger partial charge is 0.306 e. The van der Waals surface area contributed by atoms with Crippen LogP contribution in [0.1, 0.15) is 12.8 Å². The van der Waals surface area contributed by atoms with Crippen LogP contribution in [-0.2, 0) is 0 Å². The Kier molecular flexibility index (Phi) is 2.28. The first-order chi connectivity index (χ1) is 4.66. The fourth-order valence-electron chi connectivity index (χ4n) is 1.13. The van der Waals surface area contributed by atoms with Crippen molar-refractivity contribution in [2.75, 3.05) is 20.1 Å². The Morgan fingerprint density at radius 3 is 2.40 bits per heavy atom. The molecule has 1 unspecified atom stereocenters. The number of likely N-dealkylation sites (tertiary alicyclic amines) is 1. The number of rotatable bonds is 0. The molecule has 1 saturated heterocycles. The lowest BCUT2D eigenvalue weighted by Crippen LogP contribution is -2.37. The smallest absolute Gasteiger partial charge is 0.0736 e. The fourth-order valence-corrected chi connectivity index (χ4v) is 1.39. The summed E-state index contributed by atoms with van der Waals surface area (Å²) in [5.41, 5.74) is 0. The first-order valence-electron chi connectivity index (χ1n) is 3.55. The fraction of sp³-hybridized carbons (Fsp3) is 0.857. The molecule has 0 aliphatic carbocycles. The van der Waals surface area contributed by atoms with E-state index in [-0.39, 0.29) is 5.16 Å². The average molecular weight is 156 g/mol. The van der Waals surface area contributed by atoms with Crippen molar-refractivity contribution in [3.63, 3.8) is 0 Å². The summed E-state index contributed by atoms with van der Waals surface area (Å²) in [6.45, 7) is 2.11. The molecule has 10 heavy (non-hydrogen) atoms. The van der Waals surface area contributed by atoms with Crippen LogP contribution in [0.4, 0.5) is 0 Å². The Bertz CT molecular complexity index is 153. The minimum absolute atomic E-state index is 0.119. The standard InChI is InChI=1S/C7H13N2P/c1-9-4-2-7(10,6-8)3-5-9/h2-5,10H2,1H3. The Morgan fingerprint density at radius 1 is 1.50 bits per heavy atom. The molecule has 0 radical (unpaired) electrons. The van der Waals surface area contributed by atoms with Crippen LogP contribution in [0.5, 0.6) is 0 Å². The van der Waals surface area contributed by atoms with Crippen molar-refractivity contribution in [1.29, 1.82) is 5.26 Å². The van der Waals surface area contributed by atoms with Crippen LogP contribution in [0.3, 0.4) is 0 Å². The molecule has 2 nitrogen and oxygen atoms in total. The van der Waals surface area contributed by atoms with E-state index in [1.807, 2.05) is 0 Å². The topological polar surface area (TPSA) is 27.0 Å². The van der Waals surface area contributed by atoms with Gasteiger partial charge in [0.1, 0.15) is 0 Å². The van der Waals surface area contributed by atoms with E-state index in [1.54, 1.807) is 0 Å². The SMILES string of the molecule is CN1CCC(P)(C#N)CC1. The molecule has 1 atom stereocenters. The predicted octanol–water partition coefficient (Wildman–Crippen LogP) is 0.849. The van der Waals surface area contributed by atoms with Gasteiger partial charge in [-0.1, -0.05) is 0 Å². The Labute approximate surface area is 64.4 Å². The second kappa shape index (κ2) is 2.86. The number of nitrogens with zero attached hydrogens (tertiary/aromatic N) is 2. The van der Waals surface area contributed by atoms with E-state index in [2.05, 4.69) is 27.3 Å². The van der Waals surface area contributed by atoms with Gasteiger partial charge >= 0.3 is 0 Å². The molecule has 0 aromatic heterocycles. The normalized spacial score (nSPS) is 25.7. The van der Waals surface area contributed by atoms with Crippen LogP contribution in [0.15, 0.2) is 0 Å². The average Bonchev–Trinajstić information content (AvgIpc) is 1.96. The molecule has 0 bridgehead atoms. The number of hydrogen-bond donors (Lipinski definition) is 0. The third kappa shape index (κ3) is 1.68. The van der Waals surface area contributed by atoms with Gasteiger partial charge < -0.3 is 4.90 Å². The van der Waals surface area contributed by atoms with Gasteiger partial charge in [0.15, 0.2) is 0 Å². The Morgan fingerprint density at radius 2 is 2.00 bits per heavy atom. The van der Waals surface area contributed by atoms with Gasteiger partial charge in [0.05, 0.1) is 11.2 Å². The predicted molar refractivity (Wildman–Crippen MR) is 44.8 cm³/mol. The zero-order chi connectivity index (χ0) is 7.61. The zero-order valence-corrected chi connectivity index (χ0v) is 7.45. The summed E-state index contributed by atoms with van der Waals surface area (Å²) < 4.78 is 0. The molecule has 1 aliphatic rings. The molecular weight excluding hydrogens is 143 g/mol. The van der Waals surface area contributed by atoms with Crippen molar-refractivity contribution in [2.45, 2.75) is 18.0 Å². The van der Waals surface area contributed by atoms with Crippen molar-refractivity contribution < 1.29 is 0 Å². The minimum atomic E-state index is -0.119. The van der Waals surface area contributed by atoms with E-state index < -0.39 is 0 Å². The summed E-state index contributed by atoms with van der Waals surface area (Å²) in [5, 5.41) is 8.63. The van der Waals surface area contributed by atoms with Gasteiger partial charge in [0.2, 0.25) is 0 Å². The number of hydrogen-bond acceptors (Lipinski definition) is 2. The highest BCUT2D eigenvalue weighted by atomic mass is 31.0. The maximum absolute atomic E-state index is 8.75. The summed E-state index contributed by atoms with van der Waals surface area (Å²) in [6.07, 6.45) is 1.98. The summed E-state index contributed by atoms with van der Waals surface area (Å²) in [7, 11) is 4.77. The van der Waals surface area contributed by atoms with Crippen LogP contribution in [-0.4, -0.2) is 30.2 Å². The quantitative estimate of drug-likeness (QED) is 0.486. The highest BCUT2D eigenvalue weighted by Crippen LogP contribution is 2.29. The second-order valence-corrected chi connectivity index (χ2v) is 4.18. The molecule has 0 amide bonds. The molecule has 1 aliphatic heterocycles. The zero-order valence-electron chi connectivity index (χ0n) is 6.30. The molecule has 0 saturated carbocycles. The lowest BCUT2D eigenvalue weighted by Gasteiger charge is -2.32. The van der Waals surface area contributed by atoms with E-state index >= 15 is 0 Å². The van der Waals surface area contributed by atoms with Crippen molar-refractivity contribution in [3.05, 3.63) is 0 Å². The number of piperidine rings is 1. The van der Waals surface area contributed by atoms with Crippen LogP contribution in [0.25, 0.3) is 0 Å². The van der Waals surface area contributed by atoms with Gasteiger partial charge in [-0.3, -0.25) is 0 Å². The summed E-state index contributed by atoms with van der Waals surface area (Å²) in [5.74, 6) is 0. The van der Waals surface area contributed by atoms with Gasteiger partial charge in [-0.2, -0.15) is 5.26 Å². The van der Waals surface area contributed by atoms with Gasteiger partial charge in [0.25, 0.3) is 0 Å². The monoisotopic (exact) mass is 156 g/mol. The van der Waals surface area contributed by atoms with Crippen LogP contribution in [0.2, 0.25) is 0 Å². The van der Waals surface area contributed by atoms with Crippen molar-refractivity contribution >= 4 is 9.24 Å². The molecule has 0 aromatic carbocycles. The van der Waals surface area contributed by atoms with E-state index in [4.69, 9.17) is 5.26 Å². The summed E-state index contributed by atoms with van der Waals surface area (Å²) in [4.78, 5) is 2.26. The second-order valence-electron chi connectivity index (χ2n) is 3.07. The maximum Gasteiger partial charge on any atom is 0.0736 e. The van der Waals surface area contributed by atoms with Crippen LogP contribution < -0.4 is 0 Å². The molecule has 1 fully saturated rings. The van der Waals surface area contributed by atoms with Gasteiger partial charge in [-0.05, 0) is 33.0 Å². The third-order valence-electron chi connectivity index (χ3n) is 2.10. The molecule has 3 heteroatoms. The van der Waals surface area contributed by atoms with Crippen molar-refractivity contribution in [2.24, 2.45) is 0 Å². The molecule has 1 heterocycles. The lowest BCUT2D eigenvalue weighted by atomic mass is 9.98. The van der Waals surface area contributed by atoms with E-state index in [0.717, 1.165) is 25.9 Å². The van der Waals surface area contributed by atoms with Crippen LogP contribution in [0, 0.1) is 11.3 Å². The van der Waals surface area contributed by atoms with Gasteiger partial charge in [0, 0.05) is 0 Å². The van der Waals surface area contributed by atoms with Gasteiger partial charge in [-0.25, -0.2) is 0 Å². The van der Waals surface area contributed by atoms with Gasteiger partial charge in [-0.15, -0.1) is 9.24 Å².